The van der Waals surface area contributed by atoms with Crippen LogP contribution in [0.5, 0.6) is 23.0 Å². The van der Waals surface area contributed by atoms with Gasteiger partial charge in [0.25, 0.3) is 11.8 Å². The van der Waals surface area contributed by atoms with Gasteiger partial charge in [0.2, 0.25) is 35.4 Å². The van der Waals surface area contributed by atoms with E-state index < -0.39 is 23.9 Å². The van der Waals surface area contributed by atoms with E-state index in [0.29, 0.717) is 183 Å². The number of rotatable bonds is 50. The smallest absolute Gasteiger partial charge is 0.260 e. The average Bonchev–Trinajstić information content (AvgIpc) is 1.63. The van der Waals surface area contributed by atoms with Crippen LogP contribution in [-0.2, 0) is 66.7 Å². The highest BCUT2D eigenvalue weighted by molar-refractivity contribution is 6.07. The molecule has 0 radical (unpaired) electrons. The highest BCUT2D eigenvalue weighted by atomic mass is 16.6. The van der Waals surface area contributed by atoms with E-state index in [1.165, 1.54) is 30.5 Å². The van der Waals surface area contributed by atoms with Crippen molar-refractivity contribution in [2.75, 3.05) is 190 Å². The molecule has 0 aromatic heterocycles. The molecule has 6 aliphatic heterocycles. The molecule has 0 spiro atoms. The molecule has 652 valence electrons. The first-order valence-corrected chi connectivity index (χ1v) is 42.6. The Hall–Kier alpha value is -9.70. The summed E-state index contributed by atoms with van der Waals surface area (Å²) >= 11 is 0. The molecule has 5 atom stereocenters. The summed E-state index contributed by atoms with van der Waals surface area (Å²) in [6.45, 7) is 16.2. The number of ether oxygens (including phenoxy) is 12. The summed E-state index contributed by atoms with van der Waals surface area (Å²) in [5.41, 5.74) is 7.47. The molecule has 11 rings (SSSR count). The third-order valence-corrected chi connectivity index (χ3v) is 22.3. The van der Waals surface area contributed by atoms with E-state index in [0.717, 1.165) is 87.0 Å². The molecule has 1 saturated carbocycles. The molecule has 4 aromatic rings. The van der Waals surface area contributed by atoms with Crippen molar-refractivity contribution < 1.29 is 95.2 Å². The number of amides is 8. The van der Waals surface area contributed by atoms with Gasteiger partial charge in [0, 0.05) is 120 Å². The summed E-state index contributed by atoms with van der Waals surface area (Å²) < 4.78 is 68.4. The van der Waals surface area contributed by atoms with Gasteiger partial charge in [-0.3, -0.25) is 53.2 Å². The first kappa shape index (κ1) is 91.1. The van der Waals surface area contributed by atoms with Crippen molar-refractivity contribution in [1.82, 2.24) is 35.6 Å². The number of imide groups is 1. The third kappa shape index (κ3) is 26.7. The van der Waals surface area contributed by atoms with Crippen LogP contribution in [0.25, 0.3) is 11.1 Å². The SMILES string of the molecule is COc1cc2c(cc1OCCCCCOc1cc3c(cc1OC)C(=O)N1C=C(c4ccc(N5CCN(C)CC5)cc4)C[C@H]1C=N3)N=C[C@@H]1CC(c3ccc(NC(=O)[C@H](C)NC(=O)[C@@H](NC(=O)CCOCCOCCOCCOCCOCCOCCOCCOCCNC(=O)CCN4C(=O)CC(C5CCCCCC5)C4=O)C(C)C)cc3)=CN1C2=O. The van der Waals surface area contributed by atoms with Crippen molar-refractivity contribution in [3.8, 4) is 23.0 Å². The number of piperazine rings is 1. The molecule has 7 aliphatic rings. The molecule has 6 heterocycles. The normalized spacial score (nSPS) is 18.4. The quantitative estimate of drug-likeness (QED) is 0.0182. The predicted octanol–water partition coefficient (Wildman–Crippen LogP) is 8.99. The van der Waals surface area contributed by atoms with Crippen LogP contribution in [0, 0.1) is 17.8 Å². The number of hydrogen-bond acceptors (Lipinski definition) is 24. The minimum Gasteiger partial charge on any atom is -0.493 e. The zero-order valence-electron chi connectivity index (χ0n) is 70.4. The summed E-state index contributed by atoms with van der Waals surface area (Å²) in [7, 11) is 5.25. The number of benzene rings is 4. The van der Waals surface area contributed by atoms with Crippen LogP contribution in [0.1, 0.15) is 143 Å². The van der Waals surface area contributed by atoms with Crippen LogP contribution in [0.2, 0.25) is 0 Å². The van der Waals surface area contributed by atoms with Gasteiger partial charge >= 0.3 is 0 Å². The zero-order chi connectivity index (χ0) is 84.5. The molecule has 31 heteroatoms. The predicted molar refractivity (Wildman–Crippen MR) is 453 cm³/mol. The van der Waals surface area contributed by atoms with Crippen molar-refractivity contribution in [2.24, 2.45) is 27.7 Å². The lowest BCUT2D eigenvalue weighted by Crippen LogP contribution is -2.53. The average molecular weight is 1670 g/mol. The van der Waals surface area contributed by atoms with E-state index in [2.05, 4.69) is 62.4 Å². The van der Waals surface area contributed by atoms with Crippen molar-refractivity contribution in [2.45, 2.75) is 135 Å². The van der Waals surface area contributed by atoms with Crippen molar-refractivity contribution in [3.05, 3.63) is 107 Å². The number of likely N-dealkylation sites (tertiary alicyclic amines) is 1. The molecule has 8 amide bonds. The molecule has 2 saturated heterocycles. The van der Waals surface area contributed by atoms with Crippen molar-refractivity contribution >= 4 is 93.6 Å². The van der Waals surface area contributed by atoms with Gasteiger partial charge in [-0.2, -0.15) is 0 Å². The van der Waals surface area contributed by atoms with Gasteiger partial charge in [0.15, 0.2) is 23.0 Å². The molecule has 31 nitrogen and oxygen atoms in total. The number of carbonyl (C=O) groups excluding carboxylic acids is 8. The number of likely N-dealkylation sites (N-methyl/N-ethyl adjacent to an activating group) is 1. The number of carbonyl (C=O) groups is 8. The molecule has 4 aromatic carbocycles. The Morgan fingerprint density at radius 1 is 0.500 bits per heavy atom. The molecular weight excluding hydrogens is 1540 g/mol. The van der Waals surface area contributed by atoms with Gasteiger partial charge in [-0.1, -0.05) is 63.8 Å². The van der Waals surface area contributed by atoms with Gasteiger partial charge in [0.1, 0.15) is 12.1 Å². The molecule has 0 bridgehead atoms. The standard InChI is InChI=1S/C89H121N11O20/c1-61(2)84(95-82(102)25-34-111-36-38-113-40-42-115-44-46-117-48-49-118-47-45-116-43-41-114-39-37-112-35-26-90-81(101)24-27-98-83(103)54-72(87(98)106)65-14-10-7-8-11-15-65)86(105)93-62(3)85(104)94-68-20-16-63(17-21-68)66-50-70-57-91-75-55-79(77(109-5)52-73(75)88(107)99(70)59-66)119-32-12-9-13-33-120-80-56-76-74(53-78(80)110-6)89(108)100-60-67(51-71(100)58-92-76)64-18-22-69(23-19-64)97-30-28-96(4)29-31-97/h16-23,52-53,55-62,65,70-72,84H,7-15,24-51,54H2,1-6H3,(H,90,101)(H,93,105)(H,94,104)(H,95,102)/t62-,70-,71-,72?,84-/m0/s1. The summed E-state index contributed by atoms with van der Waals surface area (Å²) in [5, 5.41) is 11.2. The molecular formula is C89H121N11O20. The van der Waals surface area contributed by atoms with Gasteiger partial charge in [0.05, 0.1) is 174 Å². The summed E-state index contributed by atoms with van der Waals surface area (Å²) in [4.78, 5) is 125. The largest absolute Gasteiger partial charge is 0.493 e. The maximum Gasteiger partial charge on any atom is 0.260 e. The molecule has 3 fully saturated rings. The van der Waals surface area contributed by atoms with E-state index in [9.17, 15) is 38.4 Å². The maximum absolute atomic E-state index is 14.2. The van der Waals surface area contributed by atoms with Crippen LogP contribution < -0.4 is 45.1 Å². The van der Waals surface area contributed by atoms with Crippen molar-refractivity contribution in [1.29, 1.82) is 0 Å². The van der Waals surface area contributed by atoms with E-state index in [1.54, 1.807) is 80.3 Å². The fraction of sp³-hybridized carbons (Fsp3) is 0.573. The minimum absolute atomic E-state index is 0.0155. The first-order chi connectivity index (χ1) is 58.4. The fourth-order valence-corrected chi connectivity index (χ4v) is 15.4. The second kappa shape index (κ2) is 47.5. The molecule has 120 heavy (non-hydrogen) atoms. The summed E-state index contributed by atoms with van der Waals surface area (Å²) in [6.07, 6.45) is 17.7. The van der Waals surface area contributed by atoms with Crippen LogP contribution in [0.15, 0.2) is 95.2 Å². The monoisotopic (exact) mass is 1660 g/mol. The first-order valence-electron chi connectivity index (χ1n) is 42.6. The number of hydrogen-bond donors (Lipinski definition) is 4. The number of nitrogens with one attached hydrogen (secondary N) is 4. The Kier molecular flexibility index (Phi) is 36.0. The van der Waals surface area contributed by atoms with Crippen molar-refractivity contribution in [3.63, 3.8) is 0 Å². The lowest BCUT2D eigenvalue weighted by molar-refractivity contribution is -0.140. The highest BCUT2D eigenvalue weighted by Crippen LogP contribution is 2.43. The Labute approximate surface area is 703 Å². The number of unbranched alkanes of at least 4 members (excludes halogenated alkanes) is 2. The number of methoxy groups -OCH3 is 2. The minimum atomic E-state index is -0.939. The lowest BCUT2D eigenvalue weighted by atomic mass is 9.85. The Morgan fingerprint density at radius 3 is 1.46 bits per heavy atom. The lowest BCUT2D eigenvalue weighted by Gasteiger charge is -2.34. The Balaban J connectivity index is 0.481. The van der Waals surface area contributed by atoms with Crippen LogP contribution >= 0.6 is 0 Å². The van der Waals surface area contributed by atoms with Crippen LogP contribution in [0.4, 0.5) is 22.7 Å². The van der Waals surface area contributed by atoms with E-state index >= 15 is 0 Å². The van der Waals surface area contributed by atoms with E-state index in [-0.39, 0.29) is 104 Å². The Bertz CT molecular complexity index is 4180. The fourth-order valence-electron chi connectivity index (χ4n) is 15.4. The number of nitrogens with zero attached hydrogens (tertiary/aromatic N) is 7. The topological polar surface area (TPSA) is 336 Å². The van der Waals surface area contributed by atoms with Crippen LogP contribution in [0.3, 0.4) is 0 Å². The van der Waals surface area contributed by atoms with Gasteiger partial charge < -0.3 is 97.7 Å². The second-order valence-corrected chi connectivity index (χ2v) is 31.2. The van der Waals surface area contributed by atoms with Gasteiger partial charge in [-0.15, -0.1) is 0 Å². The molecule has 1 aliphatic carbocycles. The third-order valence-electron chi connectivity index (χ3n) is 22.3. The summed E-state index contributed by atoms with van der Waals surface area (Å²) in [6, 6.07) is 20.4. The van der Waals surface area contributed by atoms with E-state index in [1.807, 2.05) is 30.7 Å². The number of anilines is 2. The van der Waals surface area contributed by atoms with Gasteiger partial charge in [-0.25, -0.2) is 0 Å². The Morgan fingerprint density at radius 2 is 0.975 bits per heavy atom. The zero-order valence-corrected chi connectivity index (χ0v) is 70.4. The molecule has 1 unspecified atom stereocenters. The van der Waals surface area contributed by atoms with E-state index in [4.69, 9.17) is 66.8 Å². The second-order valence-electron chi connectivity index (χ2n) is 31.2. The highest BCUT2D eigenvalue weighted by Gasteiger charge is 2.43. The number of aliphatic imine (C=N–C) groups is 2. The van der Waals surface area contributed by atoms with Gasteiger partial charge in [-0.05, 0) is 117 Å². The number of fused-ring (bicyclic) bond motifs is 4. The summed E-state index contributed by atoms with van der Waals surface area (Å²) in [5.74, 6) is -0.606. The van der Waals surface area contributed by atoms with Crippen LogP contribution in [-0.4, -0.2) is 283 Å². The maximum atomic E-state index is 14.2. The molecule has 4 N–H and O–H groups in total.